The van der Waals surface area contributed by atoms with Gasteiger partial charge in [-0.15, -0.1) is 0 Å². The minimum absolute atomic E-state index is 0.119. The Bertz CT molecular complexity index is 643. The Labute approximate surface area is 136 Å². The van der Waals surface area contributed by atoms with Crippen molar-refractivity contribution in [3.63, 3.8) is 0 Å². The molecule has 1 aromatic carbocycles. The third kappa shape index (κ3) is 5.07. The number of pyridine rings is 1. The number of nitrogens with two attached hydrogens (primary N) is 1. The monoisotopic (exact) mass is 313 g/mol. The van der Waals surface area contributed by atoms with Gasteiger partial charge in [0.05, 0.1) is 0 Å². The van der Waals surface area contributed by atoms with E-state index in [1.807, 2.05) is 18.2 Å². The van der Waals surface area contributed by atoms with Gasteiger partial charge in [0.15, 0.2) is 0 Å². The molecule has 0 bridgehead atoms. The molecule has 1 heterocycles. The summed E-state index contributed by atoms with van der Waals surface area (Å²) in [6.07, 6.45) is 2.64. The van der Waals surface area contributed by atoms with Gasteiger partial charge < -0.3 is 4.74 Å². The normalized spacial score (nSPS) is 11.1. The summed E-state index contributed by atoms with van der Waals surface area (Å²) in [4.78, 5) is 15.4. The maximum atomic E-state index is 11.1. The molecule has 0 saturated heterocycles. The molecule has 0 aliphatic rings. The van der Waals surface area contributed by atoms with E-state index in [1.54, 1.807) is 12.3 Å². The number of hydrazine groups is 1. The highest BCUT2D eigenvalue weighted by molar-refractivity contribution is 5.75. The summed E-state index contributed by atoms with van der Waals surface area (Å²) in [5.74, 6) is 6.14. The van der Waals surface area contributed by atoms with Crippen LogP contribution in [0.3, 0.4) is 0 Å². The highest BCUT2D eigenvalue weighted by atomic mass is 16.5. The minimum atomic E-state index is -0.190. The molecule has 1 aromatic heterocycles. The predicted octanol–water partition coefficient (Wildman–Crippen LogP) is 3.09. The summed E-state index contributed by atoms with van der Waals surface area (Å²) >= 11 is 0. The SMILES string of the molecule is CC(C)(C)c1ccc(Oc2ccc(CCC(=O)NN)cn2)cc1. The second kappa shape index (κ2) is 7.24. The van der Waals surface area contributed by atoms with Crippen LogP contribution < -0.4 is 16.0 Å². The summed E-state index contributed by atoms with van der Waals surface area (Å²) in [6, 6.07) is 11.7. The van der Waals surface area contributed by atoms with Crippen molar-refractivity contribution < 1.29 is 9.53 Å². The van der Waals surface area contributed by atoms with Crippen LogP contribution in [0, 0.1) is 0 Å². The standard InChI is InChI=1S/C18H23N3O2/c1-18(2,3)14-6-8-15(9-7-14)23-17-11-5-13(12-20-17)4-10-16(22)21-19/h5-9,11-12H,4,10,19H2,1-3H3,(H,21,22). The number of carbonyl (C=O) groups excluding carboxylic acids is 1. The lowest BCUT2D eigenvalue weighted by molar-refractivity contribution is -0.121. The van der Waals surface area contributed by atoms with E-state index in [9.17, 15) is 4.79 Å². The van der Waals surface area contributed by atoms with Crippen molar-refractivity contribution in [3.05, 3.63) is 53.7 Å². The third-order valence-electron chi connectivity index (χ3n) is 3.54. The van der Waals surface area contributed by atoms with Gasteiger partial charge in [-0.3, -0.25) is 10.2 Å². The lowest BCUT2D eigenvalue weighted by atomic mass is 9.87. The molecule has 5 nitrogen and oxygen atoms in total. The van der Waals surface area contributed by atoms with Crippen molar-refractivity contribution in [1.82, 2.24) is 10.4 Å². The molecule has 0 atom stereocenters. The molecule has 122 valence electrons. The van der Waals surface area contributed by atoms with Crippen LogP contribution in [0.4, 0.5) is 0 Å². The topological polar surface area (TPSA) is 77.2 Å². The van der Waals surface area contributed by atoms with Crippen molar-refractivity contribution in [2.45, 2.75) is 39.0 Å². The van der Waals surface area contributed by atoms with Gasteiger partial charge in [0.25, 0.3) is 0 Å². The summed E-state index contributed by atoms with van der Waals surface area (Å²) in [5, 5.41) is 0. The molecule has 0 aliphatic heterocycles. The Morgan fingerprint density at radius 1 is 1.17 bits per heavy atom. The molecule has 0 saturated carbocycles. The maximum absolute atomic E-state index is 11.1. The number of nitrogens with one attached hydrogen (secondary N) is 1. The van der Waals surface area contributed by atoms with Crippen molar-refractivity contribution >= 4 is 5.91 Å². The van der Waals surface area contributed by atoms with Crippen LogP contribution in [-0.4, -0.2) is 10.9 Å². The van der Waals surface area contributed by atoms with E-state index in [1.165, 1.54) is 5.56 Å². The van der Waals surface area contributed by atoms with E-state index in [4.69, 9.17) is 10.6 Å². The highest BCUT2D eigenvalue weighted by Crippen LogP contribution is 2.26. The van der Waals surface area contributed by atoms with E-state index in [0.29, 0.717) is 18.7 Å². The van der Waals surface area contributed by atoms with Crippen LogP contribution in [0.15, 0.2) is 42.6 Å². The largest absolute Gasteiger partial charge is 0.439 e. The molecule has 0 radical (unpaired) electrons. The molecule has 2 rings (SSSR count). The highest BCUT2D eigenvalue weighted by Gasteiger charge is 2.13. The van der Waals surface area contributed by atoms with E-state index < -0.39 is 0 Å². The first-order chi connectivity index (χ1) is 10.9. The number of hydrogen-bond acceptors (Lipinski definition) is 4. The van der Waals surface area contributed by atoms with Gasteiger partial charge >= 0.3 is 0 Å². The number of amides is 1. The van der Waals surface area contributed by atoms with Crippen molar-refractivity contribution in [2.24, 2.45) is 5.84 Å². The first-order valence-electron chi connectivity index (χ1n) is 7.61. The zero-order valence-electron chi connectivity index (χ0n) is 13.8. The van der Waals surface area contributed by atoms with Crippen molar-refractivity contribution in [2.75, 3.05) is 0 Å². The molecule has 0 unspecified atom stereocenters. The van der Waals surface area contributed by atoms with Crippen LogP contribution in [0.1, 0.15) is 38.3 Å². The summed E-state index contributed by atoms with van der Waals surface area (Å²) in [5.41, 5.74) is 4.45. The van der Waals surface area contributed by atoms with E-state index >= 15 is 0 Å². The van der Waals surface area contributed by atoms with Gasteiger partial charge in [0.2, 0.25) is 11.8 Å². The predicted molar refractivity (Wildman–Crippen MR) is 90.1 cm³/mol. The molecular weight excluding hydrogens is 290 g/mol. The number of benzene rings is 1. The number of ether oxygens (including phenoxy) is 1. The lowest BCUT2D eigenvalue weighted by Gasteiger charge is -2.19. The summed E-state index contributed by atoms with van der Waals surface area (Å²) in [6.45, 7) is 6.52. The number of aromatic nitrogens is 1. The van der Waals surface area contributed by atoms with Crippen molar-refractivity contribution in [1.29, 1.82) is 0 Å². The van der Waals surface area contributed by atoms with Crippen LogP contribution >= 0.6 is 0 Å². The fraction of sp³-hybridized carbons (Fsp3) is 0.333. The molecule has 0 aliphatic carbocycles. The zero-order chi connectivity index (χ0) is 16.9. The number of rotatable bonds is 5. The molecule has 2 aromatic rings. The summed E-state index contributed by atoms with van der Waals surface area (Å²) < 4.78 is 5.74. The maximum Gasteiger partial charge on any atom is 0.234 e. The number of nitrogens with zero attached hydrogens (tertiary/aromatic N) is 1. The summed E-state index contributed by atoms with van der Waals surface area (Å²) in [7, 11) is 0. The van der Waals surface area contributed by atoms with Gasteiger partial charge in [-0.05, 0) is 35.1 Å². The number of hydrogen-bond donors (Lipinski definition) is 2. The Hall–Kier alpha value is -2.40. The second-order valence-corrected chi connectivity index (χ2v) is 6.45. The quantitative estimate of drug-likeness (QED) is 0.505. The molecule has 3 N–H and O–H groups in total. The van der Waals surface area contributed by atoms with Crippen LogP contribution in [0.2, 0.25) is 0 Å². The first-order valence-corrected chi connectivity index (χ1v) is 7.61. The van der Waals surface area contributed by atoms with Gasteiger partial charge in [-0.25, -0.2) is 10.8 Å². The Morgan fingerprint density at radius 3 is 2.39 bits per heavy atom. The number of aryl methyl sites for hydroxylation is 1. The van der Waals surface area contributed by atoms with E-state index in [2.05, 4.69) is 43.3 Å². The Balaban J connectivity index is 1.96. The van der Waals surface area contributed by atoms with Crippen LogP contribution in [0.5, 0.6) is 11.6 Å². The van der Waals surface area contributed by atoms with Gasteiger partial charge in [-0.1, -0.05) is 39.0 Å². The lowest BCUT2D eigenvalue weighted by Crippen LogP contribution is -2.30. The van der Waals surface area contributed by atoms with Gasteiger partial charge in [0, 0.05) is 18.7 Å². The average Bonchev–Trinajstić information content (AvgIpc) is 2.53. The van der Waals surface area contributed by atoms with Gasteiger partial charge in [-0.2, -0.15) is 0 Å². The smallest absolute Gasteiger partial charge is 0.234 e. The molecular formula is C18H23N3O2. The van der Waals surface area contributed by atoms with Gasteiger partial charge in [0.1, 0.15) is 5.75 Å². The zero-order valence-corrected chi connectivity index (χ0v) is 13.8. The van der Waals surface area contributed by atoms with Crippen molar-refractivity contribution in [3.8, 4) is 11.6 Å². The third-order valence-corrected chi connectivity index (χ3v) is 3.54. The molecule has 5 heteroatoms. The Kier molecular flexibility index (Phi) is 5.34. The number of carbonyl (C=O) groups is 1. The molecule has 0 fully saturated rings. The second-order valence-electron chi connectivity index (χ2n) is 6.45. The van der Waals surface area contributed by atoms with Crippen LogP contribution in [0.25, 0.3) is 0 Å². The van der Waals surface area contributed by atoms with E-state index in [0.717, 1.165) is 11.3 Å². The fourth-order valence-electron chi connectivity index (χ4n) is 2.09. The molecule has 23 heavy (non-hydrogen) atoms. The fourth-order valence-corrected chi connectivity index (χ4v) is 2.09. The molecule has 0 spiro atoms. The Morgan fingerprint density at radius 2 is 1.87 bits per heavy atom. The van der Waals surface area contributed by atoms with Crippen LogP contribution in [-0.2, 0) is 16.6 Å². The minimum Gasteiger partial charge on any atom is -0.439 e. The molecule has 1 amide bonds. The van der Waals surface area contributed by atoms with E-state index in [-0.39, 0.29) is 11.3 Å². The first kappa shape index (κ1) is 17.0. The average molecular weight is 313 g/mol.